The van der Waals surface area contributed by atoms with E-state index < -0.39 is 11.9 Å². The number of carbonyl (C=O) groups is 2. The number of aliphatic carboxylic acids is 1. The van der Waals surface area contributed by atoms with E-state index in [9.17, 15) is 9.59 Å². The van der Waals surface area contributed by atoms with Crippen LogP contribution in [-0.4, -0.2) is 40.5 Å². The van der Waals surface area contributed by atoms with Crippen molar-refractivity contribution in [2.45, 2.75) is 31.3 Å². The van der Waals surface area contributed by atoms with Gasteiger partial charge in [0.15, 0.2) is 0 Å². The molecule has 0 radical (unpaired) electrons. The van der Waals surface area contributed by atoms with Gasteiger partial charge in [0.05, 0.1) is 12.0 Å². The maximum absolute atomic E-state index is 11.5. The van der Waals surface area contributed by atoms with E-state index in [0.29, 0.717) is 6.54 Å². The van der Waals surface area contributed by atoms with Crippen molar-refractivity contribution in [3.8, 4) is 0 Å². The molecule has 2 fully saturated rings. The molecule has 0 aromatic heterocycles. The number of hydrogen-bond donors (Lipinski definition) is 2. The molecule has 78 valence electrons. The van der Waals surface area contributed by atoms with Crippen molar-refractivity contribution in [3.05, 3.63) is 0 Å². The van der Waals surface area contributed by atoms with E-state index in [-0.39, 0.29) is 24.4 Å². The molecule has 5 nitrogen and oxygen atoms in total. The van der Waals surface area contributed by atoms with Crippen LogP contribution in [-0.2, 0) is 9.59 Å². The highest BCUT2D eigenvalue weighted by Crippen LogP contribution is 2.32. The fraction of sp³-hybridized carbons (Fsp3) is 0.778. The van der Waals surface area contributed by atoms with E-state index in [0.717, 1.165) is 12.8 Å². The number of nitrogens with two attached hydrogens (primary N) is 1. The molecule has 0 aromatic carbocycles. The van der Waals surface area contributed by atoms with E-state index in [1.165, 1.54) is 0 Å². The Bertz CT molecular complexity index is 279. The molecule has 2 aliphatic heterocycles. The second-order valence-corrected chi connectivity index (χ2v) is 4.03. The molecule has 2 rings (SSSR count). The summed E-state index contributed by atoms with van der Waals surface area (Å²) in [6, 6.07) is -0.440. The predicted octanol–water partition coefficient (Wildman–Crippen LogP) is -0.591. The highest BCUT2D eigenvalue weighted by Gasteiger charge is 2.47. The summed E-state index contributed by atoms with van der Waals surface area (Å²) in [5, 5.41) is 8.95. The van der Waals surface area contributed by atoms with Gasteiger partial charge in [-0.15, -0.1) is 0 Å². The van der Waals surface area contributed by atoms with Crippen LogP contribution in [0.5, 0.6) is 0 Å². The van der Waals surface area contributed by atoms with Crippen molar-refractivity contribution in [1.29, 1.82) is 0 Å². The molecule has 3 N–H and O–H groups in total. The van der Waals surface area contributed by atoms with E-state index >= 15 is 0 Å². The zero-order chi connectivity index (χ0) is 10.3. The van der Waals surface area contributed by atoms with Gasteiger partial charge in [-0.2, -0.15) is 0 Å². The first kappa shape index (κ1) is 9.45. The molecule has 3 unspecified atom stereocenters. The third-order valence-corrected chi connectivity index (χ3v) is 3.18. The SMILES string of the molecule is NC1CCCN2C(=O)CC(C(=O)O)C12. The number of carbonyl (C=O) groups excluding carboxylic acids is 1. The molecule has 0 spiro atoms. The molecule has 3 atom stereocenters. The molecule has 2 aliphatic rings. The second kappa shape index (κ2) is 3.24. The van der Waals surface area contributed by atoms with Crippen molar-refractivity contribution in [3.63, 3.8) is 0 Å². The average molecular weight is 198 g/mol. The summed E-state index contributed by atoms with van der Waals surface area (Å²) < 4.78 is 0. The Hall–Kier alpha value is -1.10. The van der Waals surface area contributed by atoms with Crippen LogP contribution < -0.4 is 5.73 Å². The molecular weight excluding hydrogens is 184 g/mol. The normalized spacial score (nSPS) is 37.1. The van der Waals surface area contributed by atoms with E-state index in [2.05, 4.69) is 0 Å². The van der Waals surface area contributed by atoms with Crippen LogP contribution in [0, 0.1) is 5.92 Å². The number of amides is 1. The highest BCUT2D eigenvalue weighted by molar-refractivity contribution is 5.87. The average Bonchev–Trinajstić information content (AvgIpc) is 2.46. The Morgan fingerprint density at radius 2 is 2.29 bits per heavy atom. The minimum atomic E-state index is -0.900. The summed E-state index contributed by atoms with van der Waals surface area (Å²) in [5.74, 6) is -1.56. The third kappa shape index (κ3) is 1.28. The fourth-order valence-electron chi connectivity index (χ4n) is 2.51. The molecular formula is C9H14N2O3. The maximum Gasteiger partial charge on any atom is 0.309 e. The Labute approximate surface area is 81.9 Å². The summed E-state index contributed by atoms with van der Waals surface area (Å²) >= 11 is 0. The van der Waals surface area contributed by atoms with Crippen molar-refractivity contribution in [2.24, 2.45) is 11.7 Å². The lowest BCUT2D eigenvalue weighted by atomic mass is 9.89. The first-order chi connectivity index (χ1) is 6.61. The predicted molar refractivity (Wildman–Crippen MR) is 48.5 cm³/mol. The maximum atomic E-state index is 11.5. The highest BCUT2D eigenvalue weighted by atomic mass is 16.4. The van der Waals surface area contributed by atoms with Gasteiger partial charge in [-0.25, -0.2) is 0 Å². The molecule has 1 amide bonds. The summed E-state index contributed by atoms with van der Waals surface area (Å²) in [5.41, 5.74) is 5.85. The summed E-state index contributed by atoms with van der Waals surface area (Å²) in [7, 11) is 0. The molecule has 0 saturated carbocycles. The van der Waals surface area contributed by atoms with Crippen molar-refractivity contribution in [1.82, 2.24) is 4.90 Å². The monoisotopic (exact) mass is 198 g/mol. The van der Waals surface area contributed by atoms with Gasteiger partial charge in [-0.05, 0) is 12.8 Å². The summed E-state index contributed by atoms with van der Waals surface area (Å²) in [6.45, 7) is 0.668. The molecule has 14 heavy (non-hydrogen) atoms. The molecule has 5 heteroatoms. The first-order valence-electron chi connectivity index (χ1n) is 4.89. The van der Waals surface area contributed by atoms with Crippen LogP contribution >= 0.6 is 0 Å². The van der Waals surface area contributed by atoms with Crippen LogP contribution in [0.4, 0.5) is 0 Å². The lowest BCUT2D eigenvalue weighted by Crippen LogP contribution is -2.53. The number of fused-ring (bicyclic) bond motifs is 1. The smallest absolute Gasteiger partial charge is 0.309 e. The van der Waals surface area contributed by atoms with Gasteiger partial charge in [0, 0.05) is 19.0 Å². The number of rotatable bonds is 1. The number of piperidine rings is 1. The van der Waals surface area contributed by atoms with Crippen molar-refractivity contribution >= 4 is 11.9 Å². The largest absolute Gasteiger partial charge is 0.481 e. The van der Waals surface area contributed by atoms with E-state index in [4.69, 9.17) is 10.8 Å². The van der Waals surface area contributed by atoms with Gasteiger partial charge in [-0.3, -0.25) is 9.59 Å². The third-order valence-electron chi connectivity index (χ3n) is 3.18. The van der Waals surface area contributed by atoms with Gasteiger partial charge in [0.2, 0.25) is 5.91 Å². The topological polar surface area (TPSA) is 83.6 Å². The summed E-state index contributed by atoms with van der Waals surface area (Å²) in [4.78, 5) is 24.0. The van der Waals surface area contributed by atoms with Gasteiger partial charge < -0.3 is 15.7 Å². The number of carboxylic acid groups (broad SMARTS) is 1. The fourth-order valence-corrected chi connectivity index (χ4v) is 2.51. The number of nitrogens with zero attached hydrogens (tertiary/aromatic N) is 1. The molecule has 2 heterocycles. The molecule has 0 aliphatic carbocycles. The number of hydrogen-bond acceptors (Lipinski definition) is 3. The van der Waals surface area contributed by atoms with Crippen molar-refractivity contribution in [2.75, 3.05) is 6.54 Å². The molecule has 0 aromatic rings. The number of carboxylic acids is 1. The molecule has 2 saturated heterocycles. The quantitative estimate of drug-likeness (QED) is 0.590. The van der Waals surface area contributed by atoms with Crippen LogP contribution in [0.15, 0.2) is 0 Å². The molecule has 0 bridgehead atoms. The lowest BCUT2D eigenvalue weighted by molar-refractivity contribution is -0.143. The second-order valence-electron chi connectivity index (χ2n) is 4.03. The minimum Gasteiger partial charge on any atom is -0.481 e. The zero-order valence-electron chi connectivity index (χ0n) is 7.85. The van der Waals surface area contributed by atoms with Crippen LogP contribution in [0.2, 0.25) is 0 Å². The Morgan fingerprint density at radius 3 is 2.93 bits per heavy atom. The van der Waals surface area contributed by atoms with Gasteiger partial charge in [0.1, 0.15) is 0 Å². The zero-order valence-corrected chi connectivity index (χ0v) is 7.85. The minimum absolute atomic E-state index is 0.0578. The first-order valence-corrected chi connectivity index (χ1v) is 4.89. The van der Waals surface area contributed by atoms with E-state index in [1.54, 1.807) is 4.90 Å². The Morgan fingerprint density at radius 1 is 1.57 bits per heavy atom. The Kier molecular flexibility index (Phi) is 2.19. The summed E-state index contributed by atoms with van der Waals surface area (Å²) in [6.07, 6.45) is 1.82. The Balaban J connectivity index is 2.24. The van der Waals surface area contributed by atoms with Crippen molar-refractivity contribution < 1.29 is 14.7 Å². The van der Waals surface area contributed by atoms with Crippen LogP contribution in [0.1, 0.15) is 19.3 Å². The van der Waals surface area contributed by atoms with Crippen LogP contribution in [0.25, 0.3) is 0 Å². The lowest BCUT2D eigenvalue weighted by Gasteiger charge is -2.36. The van der Waals surface area contributed by atoms with Gasteiger partial charge >= 0.3 is 5.97 Å². The van der Waals surface area contributed by atoms with E-state index in [1.807, 2.05) is 0 Å². The standard InChI is InChI=1S/C9H14N2O3/c10-6-2-1-3-11-7(12)4-5(8(6)11)9(13)14/h5-6,8H,1-4,10H2,(H,13,14). The van der Waals surface area contributed by atoms with Crippen LogP contribution in [0.3, 0.4) is 0 Å². The van der Waals surface area contributed by atoms with Gasteiger partial charge in [-0.1, -0.05) is 0 Å². The van der Waals surface area contributed by atoms with Gasteiger partial charge in [0.25, 0.3) is 0 Å².